The summed E-state index contributed by atoms with van der Waals surface area (Å²) in [6, 6.07) is 3.81. The first-order valence-electron chi connectivity index (χ1n) is 7.73. The van der Waals surface area contributed by atoms with E-state index in [2.05, 4.69) is 28.7 Å². The highest BCUT2D eigenvalue weighted by atomic mass is 32.2. The van der Waals surface area contributed by atoms with Crippen LogP contribution in [-0.2, 0) is 0 Å². The van der Waals surface area contributed by atoms with Crippen LogP contribution in [0, 0.1) is 6.92 Å². The van der Waals surface area contributed by atoms with E-state index in [1.807, 2.05) is 23.2 Å². The molecule has 1 saturated heterocycles. The lowest BCUT2D eigenvalue weighted by Crippen LogP contribution is -2.48. The summed E-state index contributed by atoms with van der Waals surface area (Å²) in [5.41, 5.74) is 0.670. The third kappa shape index (κ3) is 3.84. The fraction of sp³-hybridized carbons (Fsp3) is 0.438. The van der Waals surface area contributed by atoms with Gasteiger partial charge in [-0.2, -0.15) is 0 Å². The number of pyridine rings is 1. The molecule has 5 nitrogen and oxygen atoms in total. The van der Waals surface area contributed by atoms with E-state index in [1.54, 1.807) is 29.3 Å². The van der Waals surface area contributed by atoms with Crippen LogP contribution in [0.4, 0.5) is 5.13 Å². The fourth-order valence-corrected chi connectivity index (χ4v) is 3.91. The Morgan fingerprint density at radius 3 is 2.57 bits per heavy atom. The van der Waals surface area contributed by atoms with Crippen molar-refractivity contribution in [3.63, 3.8) is 0 Å². The van der Waals surface area contributed by atoms with Crippen LogP contribution in [0.3, 0.4) is 0 Å². The van der Waals surface area contributed by atoms with Crippen molar-refractivity contribution in [2.45, 2.75) is 18.9 Å². The molecule has 2 aromatic heterocycles. The molecule has 0 bridgehead atoms. The topological polar surface area (TPSA) is 49.3 Å². The number of thioether (sulfide) groups is 1. The predicted octanol–water partition coefficient (Wildman–Crippen LogP) is 2.92. The highest BCUT2D eigenvalue weighted by Crippen LogP contribution is 2.23. The Morgan fingerprint density at radius 2 is 2.00 bits per heavy atom. The molecule has 0 aliphatic carbocycles. The molecule has 1 fully saturated rings. The van der Waals surface area contributed by atoms with Gasteiger partial charge in [-0.15, -0.1) is 23.1 Å². The maximum Gasteiger partial charge on any atom is 0.255 e. The first kappa shape index (κ1) is 16.3. The summed E-state index contributed by atoms with van der Waals surface area (Å²) >= 11 is 3.39. The Morgan fingerprint density at radius 1 is 1.22 bits per heavy atom. The van der Waals surface area contributed by atoms with Gasteiger partial charge in [0.05, 0.1) is 10.6 Å². The molecule has 2 aromatic rings. The van der Waals surface area contributed by atoms with Crippen LogP contribution >= 0.6 is 23.1 Å². The van der Waals surface area contributed by atoms with Gasteiger partial charge < -0.3 is 9.80 Å². The zero-order valence-corrected chi connectivity index (χ0v) is 15.0. The predicted molar refractivity (Wildman–Crippen MR) is 95.6 cm³/mol. The van der Waals surface area contributed by atoms with E-state index in [9.17, 15) is 4.79 Å². The van der Waals surface area contributed by atoms with E-state index in [0.29, 0.717) is 5.56 Å². The van der Waals surface area contributed by atoms with Gasteiger partial charge in [0.25, 0.3) is 5.91 Å². The molecule has 1 aliphatic rings. The average Bonchev–Trinajstić information content (AvgIpc) is 3.02. The van der Waals surface area contributed by atoms with Crippen molar-refractivity contribution in [1.29, 1.82) is 0 Å². The van der Waals surface area contributed by atoms with Crippen molar-refractivity contribution in [2.24, 2.45) is 0 Å². The third-order valence-corrected chi connectivity index (χ3v) is 5.52. The van der Waals surface area contributed by atoms with Crippen molar-refractivity contribution in [3.05, 3.63) is 35.0 Å². The summed E-state index contributed by atoms with van der Waals surface area (Å²) in [6.07, 6.45) is 3.59. The number of nitrogens with zero attached hydrogens (tertiary/aromatic N) is 4. The van der Waals surface area contributed by atoms with Gasteiger partial charge in [-0.25, -0.2) is 9.97 Å². The van der Waals surface area contributed by atoms with Crippen LogP contribution in [0.25, 0.3) is 0 Å². The molecule has 0 radical (unpaired) electrons. The Balaban J connectivity index is 1.59. The first-order valence-corrected chi connectivity index (χ1v) is 9.53. The minimum Gasteiger partial charge on any atom is -0.345 e. The number of carbonyl (C=O) groups excluding carboxylic acids is 1. The zero-order chi connectivity index (χ0) is 16.2. The quantitative estimate of drug-likeness (QED) is 0.795. The molecule has 1 amide bonds. The zero-order valence-electron chi connectivity index (χ0n) is 13.4. The lowest BCUT2D eigenvalue weighted by molar-refractivity contribution is 0.0746. The van der Waals surface area contributed by atoms with E-state index >= 15 is 0 Å². The molecule has 0 atom stereocenters. The number of hydrogen-bond acceptors (Lipinski definition) is 6. The van der Waals surface area contributed by atoms with Crippen LogP contribution in [0.1, 0.15) is 22.2 Å². The maximum absolute atomic E-state index is 12.6. The summed E-state index contributed by atoms with van der Waals surface area (Å²) in [5, 5.41) is 2.02. The fourth-order valence-electron chi connectivity index (χ4n) is 2.51. The monoisotopic (exact) mass is 348 g/mol. The summed E-state index contributed by atoms with van der Waals surface area (Å²) in [5.74, 6) is 1.05. The van der Waals surface area contributed by atoms with Crippen molar-refractivity contribution in [2.75, 3.05) is 36.8 Å². The normalized spacial score (nSPS) is 15.0. The van der Waals surface area contributed by atoms with E-state index in [0.717, 1.165) is 42.1 Å². The van der Waals surface area contributed by atoms with Crippen molar-refractivity contribution in [3.8, 4) is 0 Å². The second kappa shape index (κ2) is 7.31. The molecule has 1 aliphatic heterocycles. The Kier molecular flexibility index (Phi) is 5.17. The van der Waals surface area contributed by atoms with Crippen LogP contribution in [0.5, 0.6) is 0 Å². The lowest BCUT2D eigenvalue weighted by Gasteiger charge is -2.34. The average molecular weight is 348 g/mol. The largest absolute Gasteiger partial charge is 0.345 e. The van der Waals surface area contributed by atoms with E-state index in [1.165, 1.54) is 4.88 Å². The van der Waals surface area contributed by atoms with Gasteiger partial charge in [-0.3, -0.25) is 4.79 Å². The highest BCUT2D eigenvalue weighted by molar-refractivity contribution is 7.99. The number of anilines is 1. The first-order chi connectivity index (χ1) is 11.2. The molecule has 0 N–H and O–H groups in total. The molecule has 0 saturated carbocycles. The molecule has 3 rings (SSSR count). The molecule has 7 heteroatoms. The molecule has 122 valence electrons. The summed E-state index contributed by atoms with van der Waals surface area (Å²) in [7, 11) is 0. The van der Waals surface area contributed by atoms with E-state index < -0.39 is 0 Å². The second-order valence-corrected chi connectivity index (χ2v) is 7.85. The van der Waals surface area contributed by atoms with Gasteiger partial charge in [0.15, 0.2) is 5.13 Å². The number of amides is 1. The maximum atomic E-state index is 12.6. The Hall–Kier alpha value is -1.60. The van der Waals surface area contributed by atoms with Gasteiger partial charge >= 0.3 is 0 Å². The van der Waals surface area contributed by atoms with Crippen LogP contribution in [0.2, 0.25) is 0 Å². The standard InChI is InChI=1S/C16H20N4OS2/c1-3-22-14-5-4-13(11-17-14)15(21)19-6-8-20(9-7-19)16-18-10-12(2)23-16/h4-5,10-11H,3,6-9H2,1-2H3. The minimum absolute atomic E-state index is 0.0699. The molecular weight excluding hydrogens is 328 g/mol. The van der Waals surface area contributed by atoms with Crippen LogP contribution in [-0.4, -0.2) is 52.7 Å². The minimum atomic E-state index is 0.0699. The SMILES string of the molecule is CCSc1ccc(C(=O)N2CCN(c3ncc(C)s3)CC2)cn1. The number of aryl methyl sites for hydroxylation is 1. The molecule has 3 heterocycles. The third-order valence-electron chi connectivity index (χ3n) is 3.72. The molecule has 0 aromatic carbocycles. The van der Waals surface area contributed by atoms with Crippen LogP contribution < -0.4 is 4.90 Å². The summed E-state index contributed by atoms with van der Waals surface area (Å²) in [4.78, 5) is 26.7. The number of hydrogen-bond donors (Lipinski definition) is 0. The second-order valence-electron chi connectivity index (χ2n) is 5.35. The van der Waals surface area contributed by atoms with Gasteiger partial charge in [-0.05, 0) is 24.8 Å². The van der Waals surface area contributed by atoms with Crippen molar-refractivity contribution < 1.29 is 4.79 Å². The molecule has 0 spiro atoms. The van der Waals surface area contributed by atoms with Crippen molar-refractivity contribution >= 4 is 34.1 Å². The van der Waals surface area contributed by atoms with Gasteiger partial charge in [-0.1, -0.05) is 6.92 Å². The summed E-state index contributed by atoms with van der Waals surface area (Å²) < 4.78 is 0. The molecular formula is C16H20N4OS2. The van der Waals surface area contributed by atoms with Crippen LogP contribution in [0.15, 0.2) is 29.6 Å². The van der Waals surface area contributed by atoms with Crippen molar-refractivity contribution in [1.82, 2.24) is 14.9 Å². The lowest BCUT2D eigenvalue weighted by atomic mass is 10.2. The Labute approximate surface area is 144 Å². The van der Waals surface area contributed by atoms with Gasteiger partial charge in [0.2, 0.25) is 0 Å². The number of aromatic nitrogens is 2. The molecule has 0 unspecified atom stereocenters. The smallest absolute Gasteiger partial charge is 0.255 e. The van der Waals surface area contributed by atoms with Gasteiger partial charge in [0, 0.05) is 43.4 Å². The number of piperazine rings is 1. The number of rotatable bonds is 4. The number of carbonyl (C=O) groups is 1. The number of thiazole rings is 1. The van der Waals surface area contributed by atoms with Gasteiger partial charge in [0.1, 0.15) is 0 Å². The van der Waals surface area contributed by atoms with E-state index in [4.69, 9.17) is 0 Å². The highest BCUT2D eigenvalue weighted by Gasteiger charge is 2.23. The molecule has 23 heavy (non-hydrogen) atoms. The Bertz CT molecular complexity index is 663. The van der Waals surface area contributed by atoms with E-state index in [-0.39, 0.29) is 5.91 Å². The summed E-state index contributed by atoms with van der Waals surface area (Å²) in [6.45, 7) is 7.26.